The predicted octanol–water partition coefficient (Wildman–Crippen LogP) is 2.14. The van der Waals surface area contributed by atoms with Gasteiger partial charge in [-0.25, -0.2) is 12.2 Å². The molecule has 35 heavy (non-hydrogen) atoms. The Bertz CT molecular complexity index is 1350. The Morgan fingerprint density at radius 1 is 0.714 bits per heavy atom. The van der Waals surface area contributed by atoms with Crippen molar-refractivity contribution in [2.24, 2.45) is 0 Å². The first kappa shape index (κ1) is 28.8. The van der Waals surface area contributed by atoms with Crippen LogP contribution in [0.3, 0.4) is 0 Å². The van der Waals surface area contributed by atoms with Crippen molar-refractivity contribution >= 4 is 24.8 Å². The van der Waals surface area contributed by atoms with Gasteiger partial charge in [0.05, 0.1) is 0 Å². The number of benzene rings is 4. The molecule has 1 aliphatic rings. The molecule has 1 aliphatic carbocycles. The van der Waals surface area contributed by atoms with Crippen molar-refractivity contribution in [3.8, 4) is 0 Å². The van der Waals surface area contributed by atoms with Crippen LogP contribution in [0.15, 0.2) is 127 Å². The Hall–Kier alpha value is -2.44. The molecule has 0 radical (unpaired) electrons. The molecule has 0 saturated heterocycles. The molecule has 0 unspecified atom stereocenters. The van der Waals surface area contributed by atoms with Gasteiger partial charge in [-0.15, -0.1) is 46.2 Å². The molecule has 0 aliphatic heterocycles. The fraction of sp³-hybridized carbons (Fsp3) is 0.0625. The van der Waals surface area contributed by atoms with Gasteiger partial charge >= 0.3 is 99.2 Å². The number of hydrogen-bond donors (Lipinski definition) is 0. The van der Waals surface area contributed by atoms with Crippen LogP contribution in [-0.2, 0) is 24.2 Å². The first-order chi connectivity index (χ1) is 16.2. The Morgan fingerprint density at radius 2 is 1.29 bits per heavy atom. The zero-order valence-electron chi connectivity index (χ0n) is 19.6. The fourth-order valence-corrected chi connectivity index (χ4v) is 4.60. The minimum absolute atomic E-state index is 0. The molecule has 5 aromatic carbocycles. The van der Waals surface area contributed by atoms with Gasteiger partial charge in [0.15, 0.2) is 0 Å². The Morgan fingerprint density at radius 3 is 1.83 bits per heavy atom. The number of allylic oxidation sites excluding steroid dienone is 4. The van der Waals surface area contributed by atoms with E-state index in [0.717, 1.165) is 6.42 Å². The molecule has 3 heteroatoms. The van der Waals surface area contributed by atoms with Gasteiger partial charge in [-0.05, 0) is 6.92 Å². The van der Waals surface area contributed by atoms with Crippen LogP contribution in [0.4, 0.5) is 0 Å². The molecule has 0 N–H and O–H groups in total. The number of aryl methyl sites for hydroxylation is 1. The Kier molecular flexibility index (Phi) is 12.2. The molecule has 0 nitrogen and oxygen atoms in total. The van der Waals surface area contributed by atoms with Crippen LogP contribution in [0.1, 0.15) is 23.1 Å². The standard InChI is InChI=1S/C14H11.C13H10.C5H5.2ClH.Zr/c1-10-6-7-12-9-11-4-2-3-5-13(11)14(12)8-10;1-3-7-12(8-4-1)11-13-9-5-2-6-10-13;1-2-4-5-3-1;;;/h2-9H,1H3;1-10H;1-3H,4H2;2*1H;/q-1;;-1;;;+2/p-2. The van der Waals surface area contributed by atoms with E-state index in [4.69, 9.17) is 0 Å². The van der Waals surface area contributed by atoms with Crippen LogP contribution in [0.5, 0.6) is 0 Å². The summed E-state index contributed by atoms with van der Waals surface area (Å²) >= 11 is 1.46. The van der Waals surface area contributed by atoms with E-state index in [1.807, 2.05) is 12.2 Å². The maximum atomic E-state index is 2.99. The van der Waals surface area contributed by atoms with Crippen LogP contribution in [0.2, 0.25) is 0 Å². The summed E-state index contributed by atoms with van der Waals surface area (Å²) in [4.78, 5) is 0. The molecule has 0 fully saturated rings. The summed E-state index contributed by atoms with van der Waals surface area (Å²) < 4.78 is 1.42. The number of halogens is 2. The second-order valence-electron chi connectivity index (χ2n) is 7.93. The molecule has 0 spiro atoms. The van der Waals surface area contributed by atoms with E-state index >= 15 is 0 Å². The van der Waals surface area contributed by atoms with Crippen LogP contribution < -0.4 is 24.8 Å². The first-order valence-corrected chi connectivity index (χ1v) is 12.4. The zero-order valence-corrected chi connectivity index (χ0v) is 23.6. The summed E-state index contributed by atoms with van der Waals surface area (Å²) in [5.41, 5.74) is 3.99. The summed E-state index contributed by atoms with van der Waals surface area (Å²) in [6.45, 7) is 2.14. The van der Waals surface area contributed by atoms with E-state index in [-0.39, 0.29) is 24.8 Å². The minimum atomic E-state index is 0. The van der Waals surface area contributed by atoms with Crippen molar-refractivity contribution in [2.75, 3.05) is 0 Å². The zero-order chi connectivity index (χ0) is 22.9. The van der Waals surface area contributed by atoms with Gasteiger partial charge in [0, 0.05) is 0 Å². The third-order valence-electron chi connectivity index (χ3n) is 5.48. The van der Waals surface area contributed by atoms with Crippen molar-refractivity contribution in [3.63, 3.8) is 0 Å². The van der Waals surface area contributed by atoms with Gasteiger partial charge < -0.3 is 24.8 Å². The predicted molar refractivity (Wildman–Crippen MR) is 139 cm³/mol. The van der Waals surface area contributed by atoms with Crippen LogP contribution in [-0.4, -0.2) is 3.21 Å². The molecular formula is C32H26Cl2Zr-2. The number of hydrogen-bond acceptors (Lipinski definition) is 0. The summed E-state index contributed by atoms with van der Waals surface area (Å²) in [5, 5.41) is 5.43. The quantitative estimate of drug-likeness (QED) is 0.285. The molecule has 0 heterocycles. The topological polar surface area (TPSA) is 0 Å². The van der Waals surface area contributed by atoms with Crippen molar-refractivity contribution in [3.05, 3.63) is 150 Å². The van der Waals surface area contributed by atoms with Crippen molar-refractivity contribution < 1.29 is 49.0 Å². The van der Waals surface area contributed by atoms with Crippen LogP contribution in [0, 0.1) is 13.0 Å². The average Bonchev–Trinajstić information content (AvgIpc) is 3.57. The van der Waals surface area contributed by atoms with Gasteiger partial charge in [0.2, 0.25) is 0 Å². The number of fused-ring (bicyclic) bond motifs is 3. The van der Waals surface area contributed by atoms with E-state index < -0.39 is 0 Å². The maximum absolute atomic E-state index is 2.99. The average molecular weight is 573 g/mol. The third-order valence-corrected chi connectivity index (χ3v) is 6.90. The SMILES string of the molecule is Cc1ccc2[cH-]c3ccccc3c2c1.[C-]1=CC=CC1.[Cl-].[Cl-].[Zr+2]=[C](c1ccccc1)c1ccccc1. The summed E-state index contributed by atoms with van der Waals surface area (Å²) in [5.74, 6) is 0. The number of rotatable bonds is 2. The second-order valence-corrected chi connectivity index (χ2v) is 9.16. The molecule has 0 aromatic heterocycles. The van der Waals surface area contributed by atoms with Gasteiger partial charge in [0.25, 0.3) is 0 Å². The second kappa shape index (κ2) is 14.8. The summed E-state index contributed by atoms with van der Waals surface area (Å²) in [7, 11) is 0. The molecule has 174 valence electrons. The molecule has 6 rings (SSSR count). The fourth-order valence-electron chi connectivity index (χ4n) is 3.78. The molecule has 0 atom stereocenters. The van der Waals surface area contributed by atoms with E-state index in [1.165, 1.54) is 65.7 Å². The van der Waals surface area contributed by atoms with Gasteiger partial charge in [-0.2, -0.15) is 6.08 Å². The molecular weight excluding hydrogens is 546 g/mol. The van der Waals surface area contributed by atoms with Crippen molar-refractivity contribution in [1.82, 2.24) is 0 Å². The van der Waals surface area contributed by atoms with E-state index in [2.05, 4.69) is 128 Å². The molecule has 0 amide bonds. The van der Waals surface area contributed by atoms with Gasteiger partial charge in [-0.3, -0.25) is 6.08 Å². The van der Waals surface area contributed by atoms with Gasteiger partial charge in [-0.1, -0.05) is 35.9 Å². The van der Waals surface area contributed by atoms with Crippen molar-refractivity contribution in [2.45, 2.75) is 13.3 Å². The molecule has 5 aromatic rings. The normalized spacial score (nSPS) is 10.9. The summed E-state index contributed by atoms with van der Waals surface area (Å²) in [6.07, 6.45) is 10.0. The molecule has 0 bridgehead atoms. The van der Waals surface area contributed by atoms with E-state index in [1.54, 1.807) is 0 Å². The van der Waals surface area contributed by atoms with E-state index in [0.29, 0.717) is 0 Å². The first-order valence-electron chi connectivity index (χ1n) is 11.2. The Labute approximate surface area is 235 Å². The van der Waals surface area contributed by atoms with Crippen LogP contribution >= 0.6 is 0 Å². The third kappa shape index (κ3) is 8.04. The summed E-state index contributed by atoms with van der Waals surface area (Å²) in [6, 6.07) is 38.5. The molecule has 0 saturated carbocycles. The monoisotopic (exact) mass is 570 g/mol. The Balaban J connectivity index is 0.000000197. The van der Waals surface area contributed by atoms with Crippen molar-refractivity contribution in [1.29, 1.82) is 0 Å². The van der Waals surface area contributed by atoms with E-state index in [9.17, 15) is 0 Å². The van der Waals surface area contributed by atoms with Crippen LogP contribution in [0.25, 0.3) is 21.5 Å². The van der Waals surface area contributed by atoms with Gasteiger partial charge in [0.1, 0.15) is 0 Å².